The molecule has 1 atom stereocenters. The number of halogens is 1. The van der Waals surface area contributed by atoms with Crippen LogP contribution in [-0.2, 0) is 11.3 Å². The minimum Gasteiger partial charge on any atom is -0.439 e. The van der Waals surface area contributed by atoms with Crippen LogP contribution in [-0.4, -0.2) is 79.3 Å². The van der Waals surface area contributed by atoms with E-state index in [0.717, 1.165) is 59.7 Å². The third-order valence-corrected chi connectivity index (χ3v) is 9.16. The summed E-state index contributed by atoms with van der Waals surface area (Å²) in [6.45, 7) is 6.63. The molecule has 0 radical (unpaired) electrons. The summed E-state index contributed by atoms with van der Waals surface area (Å²) < 4.78 is 29.2. The minimum absolute atomic E-state index is 0.318. The van der Waals surface area contributed by atoms with E-state index in [4.69, 9.17) is 4.74 Å². The number of amides is 2. The van der Waals surface area contributed by atoms with Gasteiger partial charge in [-0.05, 0) is 84.3 Å². The number of piperidine rings is 1. The molecule has 11 nitrogen and oxygen atoms in total. The summed E-state index contributed by atoms with van der Waals surface area (Å²) in [6, 6.07) is 14.9. The highest BCUT2D eigenvalue weighted by Crippen LogP contribution is 2.27. The van der Waals surface area contributed by atoms with Gasteiger partial charge in [0, 0.05) is 66.3 Å². The second-order valence-electron chi connectivity index (χ2n) is 9.80. The van der Waals surface area contributed by atoms with Crippen molar-refractivity contribution in [2.75, 3.05) is 54.8 Å². The molecule has 5 rings (SSSR count). The summed E-state index contributed by atoms with van der Waals surface area (Å²) >= 11 is 0.365. The van der Waals surface area contributed by atoms with Crippen LogP contribution in [0.5, 0.6) is 11.6 Å². The van der Waals surface area contributed by atoms with E-state index in [-0.39, 0.29) is 6.03 Å². The first-order valence-corrected chi connectivity index (χ1v) is 15.3. The van der Waals surface area contributed by atoms with E-state index >= 15 is 0 Å². The van der Waals surface area contributed by atoms with E-state index in [0.29, 0.717) is 36.4 Å². The fourth-order valence-electron chi connectivity index (χ4n) is 4.93. The molecule has 1 unspecified atom stereocenters. The van der Waals surface area contributed by atoms with E-state index in [1.807, 2.05) is 31.2 Å². The first kappa shape index (κ1) is 28.7. The molecule has 2 fully saturated rings. The molecule has 3 aromatic rings. The SMILES string of the molecule is Cc1ccc(NC(=O)Nc2ccc(Oc3cc(N4CCC(N5CCN(S(=O)O)CC5)CC4)ncn3)cc2)cc1I. The van der Waals surface area contributed by atoms with Crippen molar-refractivity contribution in [3.63, 3.8) is 0 Å². The van der Waals surface area contributed by atoms with Gasteiger partial charge in [-0.3, -0.25) is 9.45 Å². The van der Waals surface area contributed by atoms with Crippen LogP contribution in [0.4, 0.5) is 22.0 Å². The Morgan fingerprint density at radius 1 is 0.975 bits per heavy atom. The monoisotopic (exact) mass is 677 g/mol. The maximum atomic E-state index is 12.4. The largest absolute Gasteiger partial charge is 0.439 e. The predicted octanol–water partition coefficient (Wildman–Crippen LogP) is 4.55. The normalized spacial score (nSPS) is 17.8. The topological polar surface area (TPSA) is 123 Å². The number of ether oxygens (including phenoxy) is 1. The van der Waals surface area contributed by atoms with Crippen molar-refractivity contribution in [3.8, 4) is 11.6 Å². The van der Waals surface area contributed by atoms with E-state index in [9.17, 15) is 13.6 Å². The Bertz CT molecular complexity index is 1350. The predicted molar refractivity (Wildman–Crippen MR) is 164 cm³/mol. The van der Waals surface area contributed by atoms with Crippen LogP contribution in [0, 0.1) is 10.5 Å². The number of nitrogens with zero attached hydrogens (tertiary/aromatic N) is 5. The lowest BCUT2D eigenvalue weighted by Crippen LogP contribution is -2.53. The molecule has 2 aromatic carbocycles. The minimum atomic E-state index is -1.88. The Kier molecular flexibility index (Phi) is 9.47. The Morgan fingerprint density at radius 2 is 1.65 bits per heavy atom. The number of urea groups is 1. The molecular formula is C27H32IN7O4S. The number of aryl methyl sites for hydroxylation is 1. The second kappa shape index (κ2) is 13.2. The first-order valence-electron chi connectivity index (χ1n) is 13.1. The zero-order chi connectivity index (χ0) is 28.1. The van der Waals surface area contributed by atoms with Crippen molar-refractivity contribution in [3.05, 3.63) is 64.0 Å². The lowest BCUT2D eigenvalue weighted by Gasteiger charge is -2.42. The third-order valence-electron chi connectivity index (χ3n) is 7.19. The summed E-state index contributed by atoms with van der Waals surface area (Å²) in [5.74, 6) is 1.88. The van der Waals surface area contributed by atoms with Gasteiger partial charge in [0.2, 0.25) is 17.1 Å². The second-order valence-corrected chi connectivity index (χ2v) is 11.9. The number of rotatable bonds is 7. The van der Waals surface area contributed by atoms with Gasteiger partial charge in [-0.15, -0.1) is 0 Å². The molecule has 2 aliphatic heterocycles. The van der Waals surface area contributed by atoms with Crippen molar-refractivity contribution in [2.45, 2.75) is 25.8 Å². The quantitative estimate of drug-likeness (QED) is 0.246. The van der Waals surface area contributed by atoms with Crippen LogP contribution >= 0.6 is 22.6 Å². The van der Waals surface area contributed by atoms with Crippen LogP contribution < -0.4 is 20.3 Å². The van der Waals surface area contributed by atoms with Crippen molar-refractivity contribution in [1.29, 1.82) is 0 Å². The Labute approximate surface area is 249 Å². The van der Waals surface area contributed by atoms with Gasteiger partial charge >= 0.3 is 6.03 Å². The highest BCUT2D eigenvalue weighted by atomic mass is 127. The highest BCUT2D eigenvalue weighted by Gasteiger charge is 2.29. The van der Waals surface area contributed by atoms with Crippen LogP contribution in [0.1, 0.15) is 18.4 Å². The van der Waals surface area contributed by atoms with Gasteiger partial charge in [0.25, 0.3) is 0 Å². The summed E-state index contributed by atoms with van der Waals surface area (Å²) in [5, 5.41) is 5.68. The van der Waals surface area contributed by atoms with E-state index < -0.39 is 11.3 Å². The molecule has 40 heavy (non-hydrogen) atoms. The van der Waals surface area contributed by atoms with Gasteiger partial charge < -0.3 is 20.3 Å². The maximum Gasteiger partial charge on any atom is 0.323 e. The van der Waals surface area contributed by atoms with Crippen molar-refractivity contribution < 1.29 is 18.3 Å². The molecule has 0 saturated carbocycles. The molecule has 0 aliphatic carbocycles. The number of carbonyl (C=O) groups excluding carboxylic acids is 1. The molecule has 3 heterocycles. The van der Waals surface area contributed by atoms with E-state index in [1.54, 1.807) is 28.6 Å². The van der Waals surface area contributed by atoms with E-state index in [2.05, 4.69) is 53.0 Å². The highest BCUT2D eigenvalue weighted by molar-refractivity contribution is 14.1. The number of hydrogen-bond donors (Lipinski definition) is 3. The molecule has 1 aromatic heterocycles. The number of hydrogen-bond acceptors (Lipinski definition) is 7. The Hall–Kier alpha value is -2.85. The van der Waals surface area contributed by atoms with Crippen LogP contribution in [0.3, 0.4) is 0 Å². The number of nitrogens with one attached hydrogen (secondary N) is 2. The fraction of sp³-hybridized carbons (Fsp3) is 0.370. The lowest BCUT2D eigenvalue weighted by atomic mass is 10.0. The summed E-state index contributed by atoms with van der Waals surface area (Å²) in [5.41, 5.74) is 2.54. The molecular weight excluding hydrogens is 645 g/mol. The van der Waals surface area contributed by atoms with Crippen LogP contribution in [0.2, 0.25) is 0 Å². The number of aromatic nitrogens is 2. The summed E-state index contributed by atoms with van der Waals surface area (Å²) in [7, 11) is 0. The lowest BCUT2D eigenvalue weighted by molar-refractivity contribution is 0.119. The summed E-state index contributed by atoms with van der Waals surface area (Å²) in [6.07, 6.45) is 3.53. The van der Waals surface area contributed by atoms with Gasteiger partial charge in [-0.25, -0.2) is 19.0 Å². The maximum absolute atomic E-state index is 12.4. The Balaban J connectivity index is 1.11. The number of benzene rings is 2. The van der Waals surface area contributed by atoms with Gasteiger partial charge in [-0.2, -0.15) is 4.31 Å². The molecule has 13 heteroatoms. The zero-order valence-electron chi connectivity index (χ0n) is 22.1. The molecule has 2 amide bonds. The first-order chi connectivity index (χ1) is 19.3. The fourth-order valence-corrected chi connectivity index (χ4v) is 5.93. The molecule has 2 saturated heterocycles. The molecule has 212 valence electrons. The van der Waals surface area contributed by atoms with Crippen LogP contribution in [0.25, 0.3) is 0 Å². The smallest absolute Gasteiger partial charge is 0.323 e. The average molecular weight is 678 g/mol. The van der Waals surface area contributed by atoms with Gasteiger partial charge in [-0.1, -0.05) is 6.07 Å². The molecule has 0 bridgehead atoms. The van der Waals surface area contributed by atoms with E-state index in [1.165, 1.54) is 6.33 Å². The number of piperazine rings is 1. The number of carbonyl (C=O) groups is 1. The number of anilines is 3. The van der Waals surface area contributed by atoms with Crippen molar-refractivity contribution in [1.82, 2.24) is 19.2 Å². The van der Waals surface area contributed by atoms with Crippen molar-refractivity contribution >= 4 is 57.1 Å². The van der Waals surface area contributed by atoms with Gasteiger partial charge in [0.05, 0.1) is 0 Å². The third kappa shape index (κ3) is 7.46. The average Bonchev–Trinajstić information content (AvgIpc) is 2.96. The molecule has 2 aliphatic rings. The van der Waals surface area contributed by atoms with Crippen molar-refractivity contribution in [2.24, 2.45) is 0 Å². The van der Waals surface area contributed by atoms with Crippen LogP contribution in [0.15, 0.2) is 54.9 Å². The van der Waals surface area contributed by atoms with Gasteiger partial charge in [0.1, 0.15) is 17.9 Å². The molecule has 3 N–H and O–H groups in total. The molecule has 0 spiro atoms. The summed E-state index contributed by atoms with van der Waals surface area (Å²) in [4.78, 5) is 25.8. The van der Waals surface area contributed by atoms with Gasteiger partial charge in [0.15, 0.2) is 0 Å². The zero-order valence-corrected chi connectivity index (χ0v) is 25.1. The Morgan fingerprint density at radius 3 is 2.33 bits per heavy atom. The standard InChI is InChI=1S/C27H32IN7O4S/c1-19-2-3-21(16-24(19)28)32-27(36)31-20-4-6-23(7-5-20)39-26-17-25(29-18-30-26)34-10-8-22(9-11-34)33-12-14-35(15-13-33)40(37)38/h2-7,16-18,22H,8-15H2,1H3,(H,37,38)(H2,31,32,36).